The molecule has 0 spiro atoms. The van der Waals surface area contributed by atoms with Crippen molar-refractivity contribution in [3.8, 4) is 0 Å². The highest BCUT2D eigenvalue weighted by Gasteiger charge is 2.22. The van der Waals surface area contributed by atoms with Gasteiger partial charge in [-0.15, -0.1) is 0 Å². The summed E-state index contributed by atoms with van der Waals surface area (Å²) in [5.74, 6) is 0.448. The lowest BCUT2D eigenvalue weighted by Crippen LogP contribution is -2.39. The second kappa shape index (κ2) is 3.52. The summed E-state index contributed by atoms with van der Waals surface area (Å²) in [5, 5.41) is 9.29. The molecule has 0 amide bonds. The number of aliphatic hydroxyl groups is 1. The van der Waals surface area contributed by atoms with Gasteiger partial charge in [0, 0.05) is 13.2 Å². The van der Waals surface area contributed by atoms with E-state index in [1.807, 2.05) is 0 Å². The Morgan fingerprint density at radius 2 is 2.45 bits per heavy atom. The molecule has 1 fully saturated rings. The fraction of sp³-hybridized carbons (Fsp3) is 1.00. The molecule has 0 aliphatic carbocycles. The highest BCUT2D eigenvalue weighted by atomic mass is 16.5. The Kier molecular flexibility index (Phi) is 2.87. The van der Waals surface area contributed by atoms with Gasteiger partial charge in [-0.3, -0.25) is 0 Å². The van der Waals surface area contributed by atoms with Gasteiger partial charge in [0.2, 0.25) is 0 Å². The lowest BCUT2D eigenvalue weighted by molar-refractivity contribution is -0.00784. The third-order valence-electron chi connectivity index (χ3n) is 1.96. The van der Waals surface area contributed by atoms with Crippen LogP contribution in [0.1, 0.15) is 26.2 Å². The summed E-state index contributed by atoms with van der Waals surface area (Å²) in [6.45, 7) is 3.26. The van der Waals surface area contributed by atoms with Crippen molar-refractivity contribution in [1.82, 2.24) is 0 Å². The Labute approximate surface area is 67.5 Å². The van der Waals surface area contributed by atoms with Crippen molar-refractivity contribution in [3.63, 3.8) is 0 Å². The van der Waals surface area contributed by atoms with Crippen LogP contribution in [0, 0.1) is 5.92 Å². The topological polar surface area (TPSA) is 55.5 Å². The first kappa shape index (κ1) is 8.97. The molecule has 0 unspecified atom stereocenters. The Balaban J connectivity index is 2.24. The molecule has 1 saturated heterocycles. The van der Waals surface area contributed by atoms with Crippen LogP contribution in [-0.4, -0.2) is 24.0 Å². The minimum absolute atomic E-state index is 0.448. The van der Waals surface area contributed by atoms with E-state index in [-0.39, 0.29) is 0 Å². The molecular weight excluding hydrogens is 142 g/mol. The third-order valence-corrected chi connectivity index (χ3v) is 1.96. The molecule has 1 aliphatic heterocycles. The smallest absolute Gasteiger partial charge is 0.111 e. The van der Waals surface area contributed by atoms with Crippen LogP contribution >= 0.6 is 0 Å². The van der Waals surface area contributed by atoms with Crippen LogP contribution in [0.4, 0.5) is 0 Å². The fourth-order valence-corrected chi connectivity index (χ4v) is 1.55. The number of rotatable bonds is 2. The van der Waals surface area contributed by atoms with Crippen molar-refractivity contribution < 1.29 is 9.84 Å². The number of ether oxygens (including phenoxy) is 1. The van der Waals surface area contributed by atoms with Gasteiger partial charge in [-0.25, -0.2) is 0 Å². The van der Waals surface area contributed by atoms with E-state index >= 15 is 0 Å². The zero-order valence-corrected chi connectivity index (χ0v) is 7.05. The average Bonchev–Trinajstić information content (AvgIpc) is 1.85. The Hall–Kier alpha value is -0.120. The molecule has 3 nitrogen and oxygen atoms in total. The molecule has 11 heavy (non-hydrogen) atoms. The van der Waals surface area contributed by atoms with E-state index in [4.69, 9.17) is 10.5 Å². The van der Waals surface area contributed by atoms with Gasteiger partial charge in [-0.1, -0.05) is 0 Å². The second-order valence-electron chi connectivity index (χ2n) is 3.64. The lowest BCUT2D eigenvalue weighted by atomic mass is 9.93. The maximum Gasteiger partial charge on any atom is 0.111 e. The fourth-order valence-electron chi connectivity index (χ4n) is 1.55. The van der Waals surface area contributed by atoms with E-state index in [1.165, 1.54) is 0 Å². The van der Waals surface area contributed by atoms with Crippen LogP contribution < -0.4 is 5.73 Å². The summed E-state index contributed by atoms with van der Waals surface area (Å²) in [5.41, 5.74) is 4.44. The van der Waals surface area contributed by atoms with Crippen molar-refractivity contribution in [2.45, 2.75) is 31.9 Å². The zero-order chi connectivity index (χ0) is 8.32. The quantitative estimate of drug-likeness (QED) is 0.576. The summed E-state index contributed by atoms with van der Waals surface area (Å²) in [7, 11) is 0. The predicted molar refractivity (Wildman–Crippen MR) is 43.0 cm³/mol. The highest BCUT2D eigenvalue weighted by molar-refractivity contribution is 4.72. The van der Waals surface area contributed by atoms with Crippen molar-refractivity contribution in [1.29, 1.82) is 0 Å². The summed E-state index contributed by atoms with van der Waals surface area (Å²) >= 11 is 0. The summed E-state index contributed by atoms with van der Waals surface area (Å²) in [4.78, 5) is 0. The monoisotopic (exact) mass is 159 g/mol. The second-order valence-corrected chi connectivity index (χ2v) is 3.64. The third kappa shape index (κ3) is 3.70. The van der Waals surface area contributed by atoms with E-state index in [9.17, 15) is 5.11 Å². The molecule has 0 bridgehead atoms. The minimum Gasteiger partial charge on any atom is -0.381 e. The van der Waals surface area contributed by atoms with Crippen LogP contribution in [0.3, 0.4) is 0 Å². The Morgan fingerprint density at radius 1 is 1.73 bits per heavy atom. The number of nitrogens with two attached hydrogens (primary N) is 1. The molecule has 0 aromatic rings. The van der Waals surface area contributed by atoms with E-state index in [0.29, 0.717) is 12.3 Å². The van der Waals surface area contributed by atoms with Crippen LogP contribution in [0.2, 0.25) is 0 Å². The van der Waals surface area contributed by atoms with Gasteiger partial charge in [-0.2, -0.15) is 0 Å². The van der Waals surface area contributed by atoms with Crippen LogP contribution in [-0.2, 0) is 4.74 Å². The summed E-state index contributed by atoms with van der Waals surface area (Å²) in [6.07, 6.45) is 2.88. The van der Waals surface area contributed by atoms with Gasteiger partial charge in [-0.05, 0) is 32.1 Å². The van der Waals surface area contributed by atoms with E-state index in [2.05, 4.69) is 0 Å². The molecule has 3 N–H and O–H groups in total. The van der Waals surface area contributed by atoms with Gasteiger partial charge >= 0.3 is 0 Å². The number of hydrogen-bond acceptors (Lipinski definition) is 3. The first-order chi connectivity index (χ1) is 5.08. The molecule has 0 radical (unpaired) electrons. The van der Waals surface area contributed by atoms with Crippen LogP contribution in [0.5, 0.6) is 0 Å². The molecule has 3 heteroatoms. The minimum atomic E-state index is -1.02. The van der Waals surface area contributed by atoms with Crippen LogP contribution in [0.15, 0.2) is 0 Å². The maximum absolute atomic E-state index is 9.29. The molecule has 0 saturated carbocycles. The SMILES string of the molecule is C[C@@](N)(O)C[C@@H]1CCCOC1. The Morgan fingerprint density at radius 3 is 2.91 bits per heavy atom. The van der Waals surface area contributed by atoms with Gasteiger partial charge in [0.25, 0.3) is 0 Å². The molecule has 0 aromatic carbocycles. The molecule has 1 rings (SSSR count). The largest absolute Gasteiger partial charge is 0.381 e. The van der Waals surface area contributed by atoms with Gasteiger partial charge in [0.1, 0.15) is 5.72 Å². The van der Waals surface area contributed by atoms with E-state index in [0.717, 1.165) is 26.1 Å². The maximum atomic E-state index is 9.29. The van der Waals surface area contributed by atoms with Crippen molar-refractivity contribution in [2.24, 2.45) is 11.7 Å². The summed E-state index contributed by atoms with van der Waals surface area (Å²) in [6, 6.07) is 0. The molecule has 66 valence electrons. The van der Waals surface area contributed by atoms with Crippen LogP contribution in [0.25, 0.3) is 0 Å². The normalized spacial score (nSPS) is 31.4. The van der Waals surface area contributed by atoms with Crippen molar-refractivity contribution in [3.05, 3.63) is 0 Å². The molecule has 1 heterocycles. The summed E-state index contributed by atoms with van der Waals surface area (Å²) < 4.78 is 5.26. The van der Waals surface area contributed by atoms with E-state index in [1.54, 1.807) is 6.92 Å². The predicted octanol–water partition coefficient (Wildman–Crippen LogP) is 0.470. The first-order valence-electron chi connectivity index (χ1n) is 4.17. The average molecular weight is 159 g/mol. The lowest BCUT2D eigenvalue weighted by Gasteiger charge is -2.27. The Bertz CT molecular complexity index is 114. The molecule has 0 aromatic heterocycles. The van der Waals surface area contributed by atoms with Crippen molar-refractivity contribution in [2.75, 3.05) is 13.2 Å². The zero-order valence-electron chi connectivity index (χ0n) is 7.05. The highest BCUT2D eigenvalue weighted by Crippen LogP contribution is 2.20. The van der Waals surface area contributed by atoms with Gasteiger partial charge < -0.3 is 15.6 Å². The van der Waals surface area contributed by atoms with Gasteiger partial charge in [0.15, 0.2) is 0 Å². The molecule has 1 aliphatic rings. The standard InChI is InChI=1S/C8H17NO2/c1-8(9,10)5-7-3-2-4-11-6-7/h7,10H,2-6,9H2,1H3/t7-,8+/m0/s1. The molecular formula is C8H17NO2. The van der Waals surface area contributed by atoms with Crippen molar-refractivity contribution >= 4 is 0 Å². The molecule has 2 atom stereocenters. The van der Waals surface area contributed by atoms with E-state index < -0.39 is 5.72 Å². The first-order valence-corrected chi connectivity index (χ1v) is 4.17. The van der Waals surface area contributed by atoms with Gasteiger partial charge in [0.05, 0.1) is 0 Å². The number of hydrogen-bond donors (Lipinski definition) is 2.